The van der Waals surface area contributed by atoms with Gasteiger partial charge in [0.15, 0.2) is 0 Å². The average Bonchev–Trinajstić information content (AvgIpc) is 2.23. The molecular formula is C12H11NO2S. The lowest BCUT2D eigenvalue weighted by atomic mass is 10.1. The Balaban J connectivity index is 2.56. The van der Waals surface area contributed by atoms with Crippen LogP contribution in [-0.2, 0) is 4.79 Å². The molecule has 2 N–H and O–H groups in total. The summed E-state index contributed by atoms with van der Waals surface area (Å²) in [6, 6.07) is 8.89. The zero-order valence-electron chi connectivity index (χ0n) is 8.69. The molecule has 1 amide bonds. The van der Waals surface area contributed by atoms with Crippen LogP contribution in [0, 0.1) is 0 Å². The van der Waals surface area contributed by atoms with Crippen molar-refractivity contribution >= 4 is 35.0 Å². The van der Waals surface area contributed by atoms with Crippen LogP contribution in [0.2, 0.25) is 0 Å². The van der Waals surface area contributed by atoms with Crippen molar-refractivity contribution < 1.29 is 9.90 Å². The first-order valence-electron chi connectivity index (χ1n) is 4.80. The van der Waals surface area contributed by atoms with Gasteiger partial charge in [-0.2, -0.15) is 0 Å². The largest absolute Gasteiger partial charge is 0.506 e. The summed E-state index contributed by atoms with van der Waals surface area (Å²) in [7, 11) is 0. The summed E-state index contributed by atoms with van der Waals surface area (Å²) in [6.07, 6.45) is 0. The summed E-state index contributed by atoms with van der Waals surface area (Å²) in [4.78, 5) is 11.4. The van der Waals surface area contributed by atoms with Crippen molar-refractivity contribution in [2.24, 2.45) is 0 Å². The molecule has 0 bridgehead atoms. The third kappa shape index (κ3) is 1.97. The second kappa shape index (κ2) is 4.06. The van der Waals surface area contributed by atoms with Crippen LogP contribution in [0.25, 0.3) is 10.8 Å². The fourth-order valence-corrected chi connectivity index (χ4v) is 1.78. The number of anilines is 1. The second-order valence-electron chi connectivity index (χ2n) is 3.55. The Morgan fingerprint density at radius 1 is 1.31 bits per heavy atom. The average molecular weight is 233 g/mol. The lowest BCUT2D eigenvalue weighted by Gasteiger charge is -2.06. The third-order valence-electron chi connectivity index (χ3n) is 2.29. The molecule has 0 atom stereocenters. The number of thiol groups is 1. The molecule has 2 aromatic carbocycles. The van der Waals surface area contributed by atoms with Crippen molar-refractivity contribution in [3.8, 4) is 5.75 Å². The minimum Gasteiger partial charge on any atom is -0.506 e. The lowest BCUT2D eigenvalue weighted by molar-refractivity contribution is -0.114. The highest BCUT2D eigenvalue weighted by atomic mass is 32.1. The highest BCUT2D eigenvalue weighted by molar-refractivity contribution is 7.80. The number of nitrogens with one attached hydrogen (secondary N) is 1. The molecule has 0 unspecified atom stereocenters. The molecular weight excluding hydrogens is 222 g/mol. The number of benzene rings is 2. The van der Waals surface area contributed by atoms with Gasteiger partial charge in [0.25, 0.3) is 0 Å². The molecule has 0 saturated heterocycles. The third-order valence-corrected chi connectivity index (χ3v) is 2.65. The first kappa shape index (κ1) is 10.8. The zero-order chi connectivity index (χ0) is 11.7. The van der Waals surface area contributed by atoms with E-state index in [2.05, 4.69) is 17.9 Å². The summed E-state index contributed by atoms with van der Waals surface area (Å²) in [6.45, 7) is 1.46. The Bertz CT molecular complexity index is 566. The Labute approximate surface area is 98.5 Å². The summed E-state index contributed by atoms with van der Waals surface area (Å²) < 4.78 is 0. The molecule has 3 nitrogen and oxygen atoms in total. The maximum Gasteiger partial charge on any atom is 0.221 e. The molecule has 0 heterocycles. The number of hydrogen-bond donors (Lipinski definition) is 3. The van der Waals surface area contributed by atoms with E-state index in [9.17, 15) is 9.90 Å². The summed E-state index contributed by atoms with van der Waals surface area (Å²) in [5.41, 5.74) is 0.714. The fourth-order valence-electron chi connectivity index (χ4n) is 1.58. The van der Waals surface area contributed by atoms with Crippen LogP contribution in [0.5, 0.6) is 5.75 Å². The summed E-state index contributed by atoms with van der Waals surface area (Å²) in [5, 5.41) is 14.0. The highest BCUT2D eigenvalue weighted by Crippen LogP contribution is 2.32. The van der Waals surface area contributed by atoms with Gasteiger partial charge in [-0.1, -0.05) is 6.07 Å². The monoisotopic (exact) mass is 233 g/mol. The molecule has 0 spiro atoms. The van der Waals surface area contributed by atoms with E-state index in [1.165, 1.54) is 6.92 Å². The number of hydrogen-bond acceptors (Lipinski definition) is 3. The van der Waals surface area contributed by atoms with Gasteiger partial charge in [-0.3, -0.25) is 4.79 Å². The second-order valence-corrected chi connectivity index (χ2v) is 4.03. The van der Waals surface area contributed by atoms with Crippen LogP contribution >= 0.6 is 12.6 Å². The summed E-state index contributed by atoms with van der Waals surface area (Å²) >= 11 is 4.14. The van der Waals surface area contributed by atoms with Gasteiger partial charge in [0.05, 0.1) is 0 Å². The van der Waals surface area contributed by atoms with Crippen LogP contribution in [0.4, 0.5) is 5.69 Å². The van der Waals surface area contributed by atoms with Gasteiger partial charge in [-0.25, -0.2) is 0 Å². The van der Waals surface area contributed by atoms with Crippen molar-refractivity contribution in [1.29, 1.82) is 0 Å². The van der Waals surface area contributed by atoms with Gasteiger partial charge in [-0.05, 0) is 29.7 Å². The van der Waals surface area contributed by atoms with E-state index in [1.807, 2.05) is 12.1 Å². The summed E-state index contributed by atoms with van der Waals surface area (Å²) in [5.74, 6) is 0.0459. The Morgan fingerprint density at radius 2 is 2.06 bits per heavy atom. The molecule has 0 aliphatic rings. The Morgan fingerprint density at radius 3 is 2.75 bits per heavy atom. The van der Waals surface area contributed by atoms with E-state index in [1.54, 1.807) is 18.2 Å². The molecule has 2 aromatic rings. The minimum absolute atomic E-state index is 0.116. The smallest absolute Gasteiger partial charge is 0.221 e. The van der Waals surface area contributed by atoms with E-state index >= 15 is 0 Å². The first-order chi connectivity index (χ1) is 7.58. The molecule has 0 aliphatic carbocycles. The van der Waals surface area contributed by atoms with Crippen molar-refractivity contribution in [2.75, 3.05) is 5.32 Å². The number of rotatable bonds is 1. The molecule has 4 heteroatoms. The predicted octanol–water partition coefficient (Wildman–Crippen LogP) is 2.79. The maximum absolute atomic E-state index is 10.9. The molecule has 2 rings (SSSR count). The van der Waals surface area contributed by atoms with Gasteiger partial charge < -0.3 is 10.4 Å². The van der Waals surface area contributed by atoms with E-state index in [4.69, 9.17) is 0 Å². The molecule has 0 saturated carbocycles. The van der Waals surface area contributed by atoms with Crippen molar-refractivity contribution in [2.45, 2.75) is 11.8 Å². The topological polar surface area (TPSA) is 49.3 Å². The van der Waals surface area contributed by atoms with E-state index in [0.29, 0.717) is 10.6 Å². The number of carbonyl (C=O) groups excluding carboxylic acids is 1. The van der Waals surface area contributed by atoms with Crippen LogP contribution in [0.1, 0.15) is 6.92 Å². The van der Waals surface area contributed by atoms with Crippen LogP contribution < -0.4 is 5.32 Å². The number of amides is 1. The standard InChI is InChI=1S/C12H11NO2S/c1-7(14)13-9-3-4-10-8(6-9)2-5-11(16)12(10)15/h2-6,15-16H,1H3,(H,13,14). The quantitative estimate of drug-likeness (QED) is 0.663. The van der Waals surface area contributed by atoms with Crippen LogP contribution in [0.3, 0.4) is 0 Å². The molecule has 0 aromatic heterocycles. The van der Waals surface area contributed by atoms with Gasteiger partial charge in [0, 0.05) is 22.9 Å². The number of aromatic hydroxyl groups is 1. The van der Waals surface area contributed by atoms with Gasteiger partial charge in [0.1, 0.15) is 5.75 Å². The van der Waals surface area contributed by atoms with Crippen LogP contribution in [0.15, 0.2) is 35.2 Å². The number of fused-ring (bicyclic) bond motifs is 1. The molecule has 82 valence electrons. The van der Waals surface area contributed by atoms with Crippen LogP contribution in [-0.4, -0.2) is 11.0 Å². The number of phenols is 1. The molecule has 0 aliphatic heterocycles. The van der Waals surface area contributed by atoms with E-state index in [0.717, 1.165) is 10.8 Å². The van der Waals surface area contributed by atoms with E-state index < -0.39 is 0 Å². The van der Waals surface area contributed by atoms with Gasteiger partial charge in [-0.15, -0.1) is 12.6 Å². The molecule has 0 fully saturated rings. The van der Waals surface area contributed by atoms with Gasteiger partial charge >= 0.3 is 0 Å². The maximum atomic E-state index is 10.9. The first-order valence-corrected chi connectivity index (χ1v) is 5.25. The van der Waals surface area contributed by atoms with Crippen molar-refractivity contribution in [3.63, 3.8) is 0 Å². The van der Waals surface area contributed by atoms with Crippen molar-refractivity contribution in [1.82, 2.24) is 0 Å². The van der Waals surface area contributed by atoms with Gasteiger partial charge in [0.2, 0.25) is 5.91 Å². The minimum atomic E-state index is -0.116. The van der Waals surface area contributed by atoms with E-state index in [-0.39, 0.29) is 11.7 Å². The fraction of sp³-hybridized carbons (Fsp3) is 0.0833. The Kier molecular flexibility index (Phi) is 2.75. The zero-order valence-corrected chi connectivity index (χ0v) is 9.58. The predicted molar refractivity (Wildman–Crippen MR) is 67.2 cm³/mol. The lowest BCUT2D eigenvalue weighted by Crippen LogP contribution is -2.05. The number of carbonyl (C=O) groups is 1. The Hall–Kier alpha value is -1.68. The molecule has 16 heavy (non-hydrogen) atoms. The normalized spacial score (nSPS) is 10.4. The number of phenolic OH excluding ortho intramolecular Hbond substituents is 1. The highest BCUT2D eigenvalue weighted by Gasteiger charge is 2.04. The van der Waals surface area contributed by atoms with Crippen molar-refractivity contribution in [3.05, 3.63) is 30.3 Å². The SMILES string of the molecule is CC(=O)Nc1ccc2c(O)c(S)ccc2c1. The molecule has 0 radical (unpaired) electrons.